The van der Waals surface area contributed by atoms with Crippen LogP contribution >= 0.6 is 11.8 Å². The molecule has 0 saturated carbocycles. The van der Waals surface area contributed by atoms with Crippen molar-refractivity contribution in [3.63, 3.8) is 0 Å². The minimum Gasteiger partial charge on any atom is -0.495 e. The molecule has 0 saturated heterocycles. The van der Waals surface area contributed by atoms with Crippen LogP contribution in [-0.2, 0) is 11.3 Å². The van der Waals surface area contributed by atoms with Crippen molar-refractivity contribution in [3.05, 3.63) is 42.4 Å². The zero-order valence-electron chi connectivity index (χ0n) is 16.3. The topological polar surface area (TPSA) is 82.2 Å². The Morgan fingerprint density at radius 3 is 2.82 bits per heavy atom. The van der Waals surface area contributed by atoms with Gasteiger partial charge in [0.1, 0.15) is 11.5 Å². The van der Waals surface area contributed by atoms with Crippen molar-refractivity contribution in [3.8, 4) is 17.1 Å². The van der Waals surface area contributed by atoms with E-state index in [-0.39, 0.29) is 11.7 Å². The smallest absolute Gasteiger partial charge is 0.234 e. The van der Waals surface area contributed by atoms with Gasteiger partial charge in [-0.1, -0.05) is 37.2 Å². The number of aromatic nitrogens is 3. The number of thioether (sulfide) groups is 1. The lowest BCUT2D eigenvalue weighted by Gasteiger charge is -2.11. The number of unbranched alkanes of at least 4 members (excludes halogenated alkanes) is 1. The number of benzene rings is 1. The first-order valence-electron chi connectivity index (χ1n) is 9.17. The van der Waals surface area contributed by atoms with Gasteiger partial charge in [0.05, 0.1) is 30.4 Å². The highest BCUT2D eigenvalue weighted by Crippen LogP contribution is 2.28. The monoisotopic (exact) mass is 400 g/mol. The summed E-state index contributed by atoms with van der Waals surface area (Å²) in [6.07, 6.45) is 3.71. The minimum absolute atomic E-state index is 0.124. The number of para-hydroxylation sites is 2. The summed E-state index contributed by atoms with van der Waals surface area (Å²) in [6, 6.07) is 9.23. The summed E-state index contributed by atoms with van der Waals surface area (Å²) in [5.74, 6) is 2.31. The van der Waals surface area contributed by atoms with E-state index in [1.807, 2.05) is 37.3 Å². The zero-order valence-corrected chi connectivity index (χ0v) is 17.1. The van der Waals surface area contributed by atoms with E-state index in [0.29, 0.717) is 11.4 Å². The Kier molecular flexibility index (Phi) is 6.76. The molecule has 1 aromatic carbocycles. The van der Waals surface area contributed by atoms with E-state index in [9.17, 15) is 4.79 Å². The fourth-order valence-electron chi connectivity index (χ4n) is 2.79. The van der Waals surface area contributed by atoms with Crippen LogP contribution in [-0.4, -0.2) is 33.5 Å². The van der Waals surface area contributed by atoms with E-state index in [4.69, 9.17) is 9.15 Å². The molecule has 0 radical (unpaired) electrons. The highest BCUT2D eigenvalue weighted by atomic mass is 32.2. The SMILES string of the molecule is CCCCn1c(SCC(=O)Nc2ccccc2OC)nnc1-c1ccoc1C. The summed E-state index contributed by atoms with van der Waals surface area (Å²) in [4.78, 5) is 12.4. The fourth-order valence-corrected chi connectivity index (χ4v) is 3.56. The van der Waals surface area contributed by atoms with Crippen LogP contribution in [0.1, 0.15) is 25.5 Å². The van der Waals surface area contributed by atoms with E-state index >= 15 is 0 Å². The number of aryl methyl sites for hydroxylation is 1. The van der Waals surface area contributed by atoms with E-state index in [1.165, 1.54) is 11.8 Å². The number of rotatable bonds is 9. The summed E-state index contributed by atoms with van der Waals surface area (Å²) in [7, 11) is 1.58. The van der Waals surface area contributed by atoms with Gasteiger partial charge >= 0.3 is 0 Å². The Morgan fingerprint density at radius 1 is 1.29 bits per heavy atom. The normalized spacial score (nSPS) is 10.8. The molecule has 0 aliphatic heterocycles. The third kappa shape index (κ3) is 4.56. The third-order valence-electron chi connectivity index (χ3n) is 4.27. The number of carbonyl (C=O) groups is 1. The molecular formula is C20H24N4O3S. The lowest BCUT2D eigenvalue weighted by Crippen LogP contribution is -2.15. The fraction of sp³-hybridized carbons (Fsp3) is 0.350. The van der Waals surface area contributed by atoms with Crippen molar-refractivity contribution in [2.24, 2.45) is 0 Å². The van der Waals surface area contributed by atoms with Gasteiger partial charge in [0.25, 0.3) is 0 Å². The average Bonchev–Trinajstić information content (AvgIpc) is 3.30. The van der Waals surface area contributed by atoms with E-state index < -0.39 is 0 Å². The molecule has 1 N–H and O–H groups in total. The van der Waals surface area contributed by atoms with Gasteiger partial charge in [-0.2, -0.15) is 0 Å². The number of ether oxygens (including phenoxy) is 1. The number of nitrogens with one attached hydrogen (secondary N) is 1. The first kappa shape index (κ1) is 20.0. The molecule has 0 unspecified atom stereocenters. The minimum atomic E-state index is -0.124. The highest BCUT2D eigenvalue weighted by molar-refractivity contribution is 7.99. The van der Waals surface area contributed by atoms with E-state index in [1.54, 1.807) is 13.4 Å². The first-order valence-corrected chi connectivity index (χ1v) is 10.2. The van der Waals surface area contributed by atoms with Crippen LogP contribution in [0.4, 0.5) is 5.69 Å². The average molecular weight is 401 g/mol. The Labute approximate surface area is 168 Å². The van der Waals surface area contributed by atoms with Crippen molar-refractivity contribution in [1.82, 2.24) is 14.8 Å². The molecule has 0 aliphatic carbocycles. The second kappa shape index (κ2) is 9.45. The van der Waals surface area contributed by atoms with Crippen molar-refractivity contribution < 1.29 is 13.9 Å². The molecule has 0 bridgehead atoms. The molecule has 0 fully saturated rings. The number of methoxy groups -OCH3 is 1. The third-order valence-corrected chi connectivity index (χ3v) is 5.23. The number of furan rings is 1. The molecule has 28 heavy (non-hydrogen) atoms. The number of carbonyl (C=O) groups excluding carboxylic acids is 1. The van der Waals surface area contributed by atoms with Crippen LogP contribution in [0.3, 0.4) is 0 Å². The maximum atomic E-state index is 12.4. The van der Waals surface area contributed by atoms with Crippen LogP contribution in [0, 0.1) is 6.92 Å². The lowest BCUT2D eigenvalue weighted by atomic mass is 10.2. The van der Waals surface area contributed by atoms with Crippen LogP contribution < -0.4 is 10.1 Å². The molecule has 0 atom stereocenters. The van der Waals surface area contributed by atoms with E-state index in [2.05, 4.69) is 27.0 Å². The summed E-state index contributed by atoms with van der Waals surface area (Å²) >= 11 is 1.37. The second-order valence-corrected chi connectivity index (χ2v) is 7.18. The van der Waals surface area contributed by atoms with E-state index in [0.717, 1.165) is 41.7 Å². The quantitative estimate of drug-likeness (QED) is 0.537. The van der Waals surface area contributed by atoms with Gasteiger partial charge in [-0.05, 0) is 31.5 Å². The Balaban J connectivity index is 1.72. The van der Waals surface area contributed by atoms with Gasteiger partial charge in [0, 0.05) is 6.54 Å². The molecule has 3 rings (SSSR count). The van der Waals surface area contributed by atoms with Gasteiger partial charge in [-0.15, -0.1) is 10.2 Å². The molecule has 8 heteroatoms. The van der Waals surface area contributed by atoms with Crippen molar-refractivity contribution in [2.75, 3.05) is 18.2 Å². The molecule has 2 heterocycles. The highest BCUT2D eigenvalue weighted by Gasteiger charge is 2.18. The van der Waals surface area contributed by atoms with Crippen molar-refractivity contribution >= 4 is 23.4 Å². The summed E-state index contributed by atoms with van der Waals surface area (Å²) in [6.45, 7) is 4.84. The predicted molar refractivity (Wildman–Crippen MR) is 110 cm³/mol. The van der Waals surface area contributed by atoms with Crippen LogP contribution in [0.15, 0.2) is 46.2 Å². The summed E-state index contributed by atoms with van der Waals surface area (Å²) in [5.41, 5.74) is 1.58. The largest absolute Gasteiger partial charge is 0.495 e. The second-order valence-electron chi connectivity index (χ2n) is 6.24. The number of amides is 1. The molecule has 0 spiro atoms. The Bertz CT molecular complexity index is 935. The van der Waals surface area contributed by atoms with Crippen LogP contribution in [0.25, 0.3) is 11.4 Å². The van der Waals surface area contributed by atoms with Gasteiger partial charge in [-0.25, -0.2) is 0 Å². The van der Waals surface area contributed by atoms with Gasteiger partial charge in [0.15, 0.2) is 11.0 Å². The van der Waals surface area contributed by atoms with Crippen molar-refractivity contribution in [1.29, 1.82) is 0 Å². The Hall–Kier alpha value is -2.74. The molecule has 148 valence electrons. The Morgan fingerprint density at radius 2 is 2.11 bits per heavy atom. The first-order chi connectivity index (χ1) is 13.6. The molecule has 7 nitrogen and oxygen atoms in total. The molecular weight excluding hydrogens is 376 g/mol. The summed E-state index contributed by atoms with van der Waals surface area (Å²) in [5, 5.41) is 12.3. The van der Waals surface area contributed by atoms with Gasteiger partial charge in [0.2, 0.25) is 5.91 Å². The molecule has 3 aromatic rings. The van der Waals surface area contributed by atoms with Crippen LogP contribution in [0.2, 0.25) is 0 Å². The molecule has 1 amide bonds. The lowest BCUT2D eigenvalue weighted by molar-refractivity contribution is -0.113. The number of hydrogen-bond donors (Lipinski definition) is 1. The molecule has 0 aliphatic rings. The zero-order chi connectivity index (χ0) is 19.9. The molecule has 2 aromatic heterocycles. The van der Waals surface area contributed by atoms with Gasteiger partial charge < -0.3 is 19.0 Å². The maximum absolute atomic E-state index is 12.4. The maximum Gasteiger partial charge on any atom is 0.234 e. The number of hydrogen-bond acceptors (Lipinski definition) is 6. The predicted octanol–water partition coefficient (Wildman–Crippen LogP) is 4.39. The standard InChI is InChI=1S/C20H24N4O3S/c1-4-5-11-24-19(15-10-12-27-14(15)2)22-23-20(24)28-13-18(25)21-16-8-6-7-9-17(16)26-3/h6-10,12H,4-5,11,13H2,1-3H3,(H,21,25). The number of nitrogens with zero attached hydrogens (tertiary/aromatic N) is 3. The number of anilines is 1. The van der Waals surface area contributed by atoms with Gasteiger partial charge in [-0.3, -0.25) is 4.79 Å². The summed E-state index contributed by atoms with van der Waals surface area (Å²) < 4.78 is 12.7. The van der Waals surface area contributed by atoms with Crippen molar-refractivity contribution in [2.45, 2.75) is 38.4 Å². The van der Waals surface area contributed by atoms with Crippen LogP contribution in [0.5, 0.6) is 5.75 Å².